The molecule has 62 heavy (non-hydrogen) atoms. The molecule has 0 unspecified atom stereocenters. The van der Waals surface area contributed by atoms with Crippen LogP contribution in [-0.4, -0.2) is 57.8 Å². The van der Waals surface area contributed by atoms with E-state index in [-0.39, 0.29) is 37.3 Å². The van der Waals surface area contributed by atoms with Crippen molar-refractivity contribution in [3.05, 3.63) is 83.4 Å². The molecule has 6 aliphatic rings. The van der Waals surface area contributed by atoms with Crippen LogP contribution >= 0.6 is 0 Å². The molecule has 4 aliphatic carbocycles. The number of rotatable bonds is 15. The highest BCUT2D eigenvalue weighted by molar-refractivity contribution is 5.85. The number of esters is 2. The smallest absolute Gasteiger partial charge is 0.331 e. The molecule has 4 saturated carbocycles. The van der Waals surface area contributed by atoms with Crippen LogP contribution in [0.3, 0.4) is 0 Å². The second-order valence-corrected chi connectivity index (χ2v) is 21.6. The second-order valence-electron chi connectivity index (χ2n) is 21.6. The van der Waals surface area contributed by atoms with Crippen molar-refractivity contribution in [2.24, 2.45) is 45.3 Å². The van der Waals surface area contributed by atoms with Gasteiger partial charge in [-0.15, -0.1) is 5.92 Å². The molecule has 2 aromatic rings. The van der Waals surface area contributed by atoms with Crippen LogP contribution in [0.4, 0.5) is 0 Å². The lowest BCUT2D eigenvalue weighted by Gasteiger charge is -2.72. The van der Waals surface area contributed by atoms with Gasteiger partial charge in [0.15, 0.2) is 0 Å². The Kier molecular flexibility index (Phi) is 13.5. The van der Waals surface area contributed by atoms with Gasteiger partial charge in [0.05, 0.1) is 35.1 Å². The number of hydrogen-bond donors (Lipinski definition) is 3. The first-order valence-electron chi connectivity index (χ1n) is 24.5. The average Bonchev–Trinajstić information content (AvgIpc) is 3.89. The second kappa shape index (κ2) is 18.6. The third kappa shape index (κ3) is 8.71. The van der Waals surface area contributed by atoms with Crippen molar-refractivity contribution in [1.82, 2.24) is 0 Å². The minimum absolute atomic E-state index is 0.170. The summed E-state index contributed by atoms with van der Waals surface area (Å²) in [7, 11) is 0. The molecule has 2 aliphatic heterocycles. The molecule has 0 aromatic heterocycles. The molecule has 8 rings (SSSR count). The fraction of sp³-hybridized carbons (Fsp3) is 0.673. The lowest BCUT2D eigenvalue weighted by Crippen LogP contribution is -2.79. The van der Waals surface area contributed by atoms with Gasteiger partial charge in [-0.05, 0) is 161 Å². The number of aliphatic hydroxyl groups is 3. The molecule has 7 nitrogen and oxygen atoms in total. The summed E-state index contributed by atoms with van der Waals surface area (Å²) in [5.74, 6) is 6.94. The SMILES string of the molecule is C[C@H](CCCc1ccccc1)CC[C@H](O)[C@]12[C@@H]([C@@H]3C[C@](C)(C#CCCC(=O)O3)[C@]1(O)CCC1=CC(=O)OC1)[C@](C)(C1CCC3(CC1)CC[C@@H](CCc1ccccc1)C3)CC[C@@H]2O. The fourth-order valence-electron chi connectivity index (χ4n) is 14.6. The molecule has 0 amide bonds. The van der Waals surface area contributed by atoms with E-state index in [1.54, 1.807) is 0 Å². The number of hydrogen-bond acceptors (Lipinski definition) is 7. The maximum atomic E-state index is 14.1. The Morgan fingerprint density at radius 1 is 0.839 bits per heavy atom. The molecule has 10 atom stereocenters. The van der Waals surface area contributed by atoms with Gasteiger partial charge >= 0.3 is 11.9 Å². The third-order valence-electron chi connectivity index (χ3n) is 17.9. The van der Waals surface area contributed by atoms with Gasteiger partial charge in [0.1, 0.15) is 12.7 Å². The summed E-state index contributed by atoms with van der Waals surface area (Å²) >= 11 is 0. The minimum Gasteiger partial charge on any atom is -0.462 e. The first-order chi connectivity index (χ1) is 29.8. The van der Waals surface area contributed by atoms with E-state index in [0.717, 1.165) is 62.9 Å². The van der Waals surface area contributed by atoms with Crippen LogP contribution in [0.5, 0.6) is 0 Å². The average molecular weight is 847 g/mol. The van der Waals surface area contributed by atoms with E-state index >= 15 is 0 Å². The molecule has 0 radical (unpaired) electrons. The van der Waals surface area contributed by atoms with Crippen molar-refractivity contribution in [1.29, 1.82) is 0 Å². The van der Waals surface area contributed by atoms with Crippen molar-refractivity contribution in [3.8, 4) is 11.8 Å². The predicted molar refractivity (Wildman–Crippen MR) is 242 cm³/mol. The number of carbonyl (C=O) groups excluding carboxylic acids is 2. The van der Waals surface area contributed by atoms with Gasteiger partial charge in [-0.25, -0.2) is 4.79 Å². The number of benzene rings is 2. The minimum atomic E-state index is -1.68. The summed E-state index contributed by atoms with van der Waals surface area (Å²) in [6, 6.07) is 21.4. The maximum Gasteiger partial charge on any atom is 0.331 e. The van der Waals surface area contributed by atoms with E-state index in [4.69, 9.17) is 9.47 Å². The van der Waals surface area contributed by atoms with E-state index in [2.05, 4.69) is 80.3 Å². The molecule has 0 saturated heterocycles. The van der Waals surface area contributed by atoms with Crippen LogP contribution in [0.15, 0.2) is 72.3 Å². The molecule has 2 aromatic carbocycles. The number of ether oxygens (including phenoxy) is 2. The zero-order valence-corrected chi connectivity index (χ0v) is 37.9. The van der Waals surface area contributed by atoms with Crippen molar-refractivity contribution in [3.63, 3.8) is 0 Å². The van der Waals surface area contributed by atoms with Crippen LogP contribution < -0.4 is 0 Å². The monoisotopic (exact) mass is 847 g/mol. The van der Waals surface area contributed by atoms with Gasteiger partial charge in [-0.2, -0.15) is 0 Å². The molecular formula is C55H74O7. The van der Waals surface area contributed by atoms with Gasteiger partial charge in [-0.1, -0.05) is 86.9 Å². The van der Waals surface area contributed by atoms with E-state index in [1.807, 2.05) is 13.0 Å². The molecule has 1 spiro atoms. The van der Waals surface area contributed by atoms with Crippen molar-refractivity contribution in [2.45, 2.75) is 180 Å². The first-order valence-corrected chi connectivity index (χ1v) is 24.5. The largest absolute Gasteiger partial charge is 0.462 e. The highest BCUT2D eigenvalue weighted by atomic mass is 16.5. The third-order valence-corrected chi connectivity index (χ3v) is 17.9. The Hall–Kier alpha value is -3.44. The zero-order chi connectivity index (χ0) is 43.6. The first kappa shape index (κ1) is 45.1. The number of aliphatic hydroxyl groups excluding tert-OH is 2. The molecule has 2 bridgehead atoms. The highest BCUT2D eigenvalue weighted by Gasteiger charge is 2.77. The van der Waals surface area contributed by atoms with Crippen LogP contribution in [0.1, 0.15) is 154 Å². The molecule has 3 N–H and O–H groups in total. The van der Waals surface area contributed by atoms with Gasteiger partial charge in [0, 0.05) is 24.8 Å². The highest BCUT2D eigenvalue weighted by Crippen LogP contribution is 2.72. The Morgan fingerprint density at radius 2 is 1.53 bits per heavy atom. The summed E-state index contributed by atoms with van der Waals surface area (Å²) in [5, 5.41) is 40.3. The Labute approximate surface area is 371 Å². The van der Waals surface area contributed by atoms with E-state index in [1.165, 1.54) is 55.7 Å². The Morgan fingerprint density at radius 3 is 2.23 bits per heavy atom. The van der Waals surface area contributed by atoms with Gasteiger partial charge < -0.3 is 24.8 Å². The van der Waals surface area contributed by atoms with E-state index in [9.17, 15) is 24.9 Å². The number of carbonyl (C=O) groups is 2. The lowest BCUT2D eigenvalue weighted by atomic mass is 9.35. The maximum absolute atomic E-state index is 14.1. The van der Waals surface area contributed by atoms with Gasteiger partial charge in [0.25, 0.3) is 0 Å². The summed E-state index contributed by atoms with van der Waals surface area (Å²) in [6.45, 7) is 6.76. The summed E-state index contributed by atoms with van der Waals surface area (Å²) < 4.78 is 12.0. The molecule has 336 valence electrons. The fourth-order valence-corrected chi connectivity index (χ4v) is 14.6. The molecule has 2 heterocycles. The summed E-state index contributed by atoms with van der Waals surface area (Å²) in [4.78, 5) is 26.0. The van der Waals surface area contributed by atoms with E-state index in [0.29, 0.717) is 43.4 Å². The number of fused-ring (bicyclic) bond motifs is 4. The Bertz CT molecular complexity index is 1960. The Balaban J connectivity index is 1.11. The molecular weight excluding hydrogens is 773 g/mol. The van der Waals surface area contributed by atoms with E-state index < -0.39 is 46.1 Å². The number of cyclic esters (lactones) is 1. The van der Waals surface area contributed by atoms with Crippen molar-refractivity contribution >= 4 is 11.9 Å². The summed E-state index contributed by atoms with van der Waals surface area (Å²) in [6.07, 6.45) is 16.2. The normalized spacial score (nSPS) is 37.7. The van der Waals surface area contributed by atoms with Gasteiger partial charge in [-0.3, -0.25) is 4.79 Å². The summed E-state index contributed by atoms with van der Waals surface area (Å²) in [5.41, 5.74) is -0.760. The van der Waals surface area contributed by atoms with Crippen molar-refractivity contribution < 1.29 is 34.4 Å². The lowest BCUT2D eigenvalue weighted by molar-refractivity contribution is -0.339. The zero-order valence-electron chi connectivity index (χ0n) is 37.9. The molecule has 4 fully saturated rings. The van der Waals surface area contributed by atoms with Crippen LogP contribution in [0.25, 0.3) is 0 Å². The topological polar surface area (TPSA) is 113 Å². The van der Waals surface area contributed by atoms with Crippen LogP contribution in [-0.2, 0) is 31.9 Å². The molecule has 7 heteroatoms. The quantitative estimate of drug-likeness (QED) is 0.121. The standard InChI is InChI=1S/C55H74O7/c1-39(13-12-18-40-14-6-4-7-15-40)20-23-46(56)55-47(57)28-30-52(3,44-26-32-53(33-27-44)31-24-42(36-53)22-21-41-16-8-5-9-17-41)50(55)45-37-51(2,29-11-10-19-48(58)62-45)54(55,60)34-25-43-35-49(59)61-38-43/h4-9,14-17,35,39,42,44-47,50,56-57,60H,10,12-13,18-28,30-34,36-38H2,1-3H3/t39-,42-,44?,45+,46+,47+,50+,51+,52+,53?,54-,55+/m1/s1. The number of aryl methyl sites for hydroxylation is 2. The van der Waals surface area contributed by atoms with Crippen LogP contribution in [0.2, 0.25) is 0 Å². The van der Waals surface area contributed by atoms with Crippen LogP contribution in [0, 0.1) is 57.2 Å². The van der Waals surface area contributed by atoms with Gasteiger partial charge in [0.2, 0.25) is 0 Å². The predicted octanol–water partition coefficient (Wildman–Crippen LogP) is 10.3. The van der Waals surface area contributed by atoms with Crippen molar-refractivity contribution in [2.75, 3.05) is 6.61 Å².